The molecule has 0 spiro atoms. The normalized spacial score (nSPS) is 17.0. The van der Waals surface area contributed by atoms with E-state index < -0.39 is 10.0 Å². The van der Waals surface area contributed by atoms with Crippen molar-refractivity contribution in [1.29, 1.82) is 0 Å². The first-order valence-corrected chi connectivity index (χ1v) is 9.85. The lowest BCUT2D eigenvalue weighted by Gasteiger charge is -2.29. The molecule has 0 bridgehead atoms. The molecule has 6 nitrogen and oxygen atoms in total. The number of sulfonamides is 1. The van der Waals surface area contributed by atoms with Gasteiger partial charge in [0.15, 0.2) is 0 Å². The molecule has 1 aromatic heterocycles. The van der Waals surface area contributed by atoms with Crippen LogP contribution in [0.15, 0.2) is 36.5 Å². The highest BCUT2D eigenvalue weighted by atomic mass is 32.2. The van der Waals surface area contributed by atoms with Gasteiger partial charge >= 0.3 is 0 Å². The monoisotopic (exact) mass is 347 g/mol. The van der Waals surface area contributed by atoms with E-state index in [1.807, 2.05) is 30.3 Å². The van der Waals surface area contributed by atoms with Gasteiger partial charge in [-0.05, 0) is 30.5 Å². The van der Waals surface area contributed by atoms with Crippen molar-refractivity contribution < 1.29 is 13.2 Å². The molecule has 1 fully saturated rings. The lowest BCUT2D eigenvalue weighted by molar-refractivity contribution is -0.126. The van der Waals surface area contributed by atoms with E-state index in [4.69, 9.17) is 0 Å². The molecule has 2 aromatic rings. The van der Waals surface area contributed by atoms with E-state index >= 15 is 0 Å². The number of hydrogen-bond acceptors (Lipinski definition) is 4. The molecule has 0 aliphatic carbocycles. The lowest BCUT2D eigenvalue weighted by Crippen LogP contribution is -2.42. The first-order valence-electron chi connectivity index (χ1n) is 8.00. The van der Waals surface area contributed by atoms with Gasteiger partial charge in [-0.1, -0.05) is 18.2 Å². The maximum absolute atomic E-state index is 12.4. The second kappa shape index (κ2) is 6.86. The summed E-state index contributed by atoms with van der Waals surface area (Å²) in [4.78, 5) is 16.7. The van der Waals surface area contributed by atoms with Crippen LogP contribution in [0, 0.1) is 5.92 Å². The van der Waals surface area contributed by atoms with Crippen LogP contribution in [0.2, 0.25) is 0 Å². The molecule has 1 saturated heterocycles. The minimum absolute atomic E-state index is 0.0101. The summed E-state index contributed by atoms with van der Waals surface area (Å²) in [6.07, 6.45) is 4.09. The fraction of sp³-hybridized carbons (Fsp3) is 0.412. The lowest BCUT2D eigenvalue weighted by atomic mass is 9.97. The molecular formula is C17H21N3O3S. The summed E-state index contributed by atoms with van der Waals surface area (Å²) in [6.45, 7) is 1.28. The average Bonchev–Trinajstić information content (AvgIpc) is 2.59. The predicted molar refractivity (Wildman–Crippen MR) is 92.7 cm³/mol. The Bertz CT molecular complexity index is 838. The predicted octanol–water partition coefficient (Wildman–Crippen LogP) is 1.52. The number of pyridine rings is 1. The third-order valence-corrected chi connectivity index (χ3v) is 5.79. The van der Waals surface area contributed by atoms with Gasteiger partial charge in [0.2, 0.25) is 15.9 Å². The fourth-order valence-electron chi connectivity index (χ4n) is 3.09. The minimum Gasteiger partial charge on any atom is -0.352 e. The first kappa shape index (κ1) is 16.9. The first-order chi connectivity index (χ1) is 11.4. The van der Waals surface area contributed by atoms with E-state index in [9.17, 15) is 13.2 Å². The minimum atomic E-state index is -3.16. The van der Waals surface area contributed by atoms with E-state index in [-0.39, 0.29) is 11.8 Å². The number of benzene rings is 1. The molecule has 2 heterocycles. The van der Waals surface area contributed by atoms with Crippen LogP contribution in [0.1, 0.15) is 18.4 Å². The largest absolute Gasteiger partial charge is 0.352 e. The summed E-state index contributed by atoms with van der Waals surface area (Å²) in [5.74, 6) is -0.139. The quantitative estimate of drug-likeness (QED) is 0.909. The van der Waals surface area contributed by atoms with Gasteiger partial charge in [-0.3, -0.25) is 9.78 Å². The van der Waals surface area contributed by atoms with Crippen LogP contribution in [0.4, 0.5) is 0 Å². The Morgan fingerprint density at radius 3 is 2.67 bits per heavy atom. The van der Waals surface area contributed by atoms with Gasteiger partial charge in [0, 0.05) is 37.1 Å². The maximum Gasteiger partial charge on any atom is 0.223 e. The molecule has 3 rings (SSSR count). The Balaban J connectivity index is 1.60. The van der Waals surface area contributed by atoms with Crippen molar-refractivity contribution in [3.05, 3.63) is 42.1 Å². The maximum atomic E-state index is 12.4. The highest BCUT2D eigenvalue weighted by Crippen LogP contribution is 2.20. The molecule has 1 aliphatic rings. The van der Waals surface area contributed by atoms with Crippen molar-refractivity contribution in [2.24, 2.45) is 5.92 Å². The highest BCUT2D eigenvalue weighted by molar-refractivity contribution is 7.88. The molecule has 1 aromatic carbocycles. The van der Waals surface area contributed by atoms with Crippen LogP contribution in [0.5, 0.6) is 0 Å². The zero-order chi connectivity index (χ0) is 17.2. The van der Waals surface area contributed by atoms with Crippen LogP contribution in [0.25, 0.3) is 10.9 Å². The zero-order valence-electron chi connectivity index (χ0n) is 13.6. The van der Waals surface area contributed by atoms with Crippen molar-refractivity contribution in [2.75, 3.05) is 19.3 Å². The number of para-hydroxylation sites is 1. The Kier molecular flexibility index (Phi) is 4.82. The number of nitrogens with one attached hydrogen (secondary N) is 1. The number of fused-ring (bicyclic) bond motifs is 1. The smallest absolute Gasteiger partial charge is 0.223 e. The summed E-state index contributed by atoms with van der Waals surface area (Å²) in [7, 11) is -3.16. The molecule has 24 heavy (non-hydrogen) atoms. The zero-order valence-corrected chi connectivity index (χ0v) is 14.4. The van der Waals surface area contributed by atoms with E-state index in [0.29, 0.717) is 32.5 Å². The van der Waals surface area contributed by atoms with Gasteiger partial charge in [0.1, 0.15) is 0 Å². The van der Waals surface area contributed by atoms with Crippen molar-refractivity contribution in [2.45, 2.75) is 19.4 Å². The Morgan fingerprint density at radius 2 is 1.96 bits per heavy atom. The second-order valence-corrected chi connectivity index (χ2v) is 8.12. The van der Waals surface area contributed by atoms with Gasteiger partial charge in [-0.2, -0.15) is 0 Å². The Hall–Kier alpha value is -1.99. The summed E-state index contributed by atoms with van der Waals surface area (Å²) in [5, 5.41) is 4.01. The molecule has 7 heteroatoms. The van der Waals surface area contributed by atoms with Gasteiger partial charge in [-0.25, -0.2) is 12.7 Å². The van der Waals surface area contributed by atoms with E-state index in [1.54, 1.807) is 6.20 Å². The second-order valence-electron chi connectivity index (χ2n) is 6.14. The molecule has 0 unspecified atom stereocenters. The Labute approximate surface area is 141 Å². The van der Waals surface area contributed by atoms with Gasteiger partial charge in [-0.15, -0.1) is 0 Å². The highest BCUT2D eigenvalue weighted by Gasteiger charge is 2.28. The van der Waals surface area contributed by atoms with Gasteiger partial charge < -0.3 is 5.32 Å². The van der Waals surface area contributed by atoms with Crippen LogP contribution in [-0.4, -0.2) is 43.0 Å². The molecule has 1 aliphatic heterocycles. The van der Waals surface area contributed by atoms with Crippen molar-refractivity contribution in [3.8, 4) is 0 Å². The number of rotatable bonds is 4. The van der Waals surface area contributed by atoms with E-state index in [1.165, 1.54) is 10.6 Å². The number of carbonyl (C=O) groups excluding carboxylic acids is 1. The standard InChI is InChI=1S/C17H21N3O3S/c1-24(22,23)20-10-7-13(8-11-20)17(21)19-12-14-6-9-18-16-5-3-2-4-15(14)16/h2-6,9,13H,7-8,10-12H2,1H3,(H,19,21). The fourth-order valence-corrected chi connectivity index (χ4v) is 3.96. The van der Waals surface area contributed by atoms with Crippen LogP contribution < -0.4 is 5.32 Å². The Morgan fingerprint density at radius 1 is 1.25 bits per heavy atom. The van der Waals surface area contributed by atoms with Gasteiger partial charge in [0.25, 0.3) is 0 Å². The van der Waals surface area contributed by atoms with Crippen molar-refractivity contribution in [3.63, 3.8) is 0 Å². The van der Waals surface area contributed by atoms with Crippen molar-refractivity contribution >= 4 is 26.8 Å². The van der Waals surface area contributed by atoms with Crippen LogP contribution in [-0.2, 0) is 21.4 Å². The SMILES string of the molecule is CS(=O)(=O)N1CCC(C(=O)NCc2ccnc3ccccc23)CC1. The summed E-state index contributed by atoms with van der Waals surface area (Å²) in [5.41, 5.74) is 1.94. The number of hydrogen-bond donors (Lipinski definition) is 1. The summed E-state index contributed by atoms with van der Waals surface area (Å²) >= 11 is 0. The topological polar surface area (TPSA) is 79.4 Å². The number of aromatic nitrogens is 1. The molecule has 1 amide bonds. The van der Waals surface area contributed by atoms with Gasteiger partial charge in [0.05, 0.1) is 11.8 Å². The summed E-state index contributed by atoms with van der Waals surface area (Å²) in [6, 6.07) is 9.74. The van der Waals surface area contributed by atoms with E-state index in [0.717, 1.165) is 16.5 Å². The average molecular weight is 347 g/mol. The number of piperidine rings is 1. The summed E-state index contributed by atoms with van der Waals surface area (Å²) < 4.78 is 24.5. The third-order valence-electron chi connectivity index (χ3n) is 4.49. The number of amides is 1. The van der Waals surface area contributed by atoms with E-state index in [2.05, 4.69) is 10.3 Å². The molecule has 0 atom stereocenters. The molecule has 0 radical (unpaired) electrons. The van der Waals surface area contributed by atoms with Crippen LogP contribution >= 0.6 is 0 Å². The molecule has 0 saturated carbocycles. The third kappa shape index (κ3) is 3.73. The van der Waals surface area contributed by atoms with Crippen molar-refractivity contribution in [1.82, 2.24) is 14.6 Å². The number of carbonyl (C=O) groups is 1. The molecular weight excluding hydrogens is 326 g/mol. The molecule has 128 valence electrons. The number of nitrogens with zero attached hydrogens (tertiary/aromatic N) is 2. The molecule has 1 N–H and O–H groups in total. The van der Waals surface area contributed by atoms with Crippen LogP contribution in [0.3, 0.4) is 0 Å².